The van der Waals surface area contributed by atoms with Crippen molar-refractivity contribution in [2.24, 2.45) is 0 Å². The maximum absolute atomic E-state index is 5.34. The van der Waals surface area contributed by atoms with Gasteiger partial charge in [0.2, 0.25) is 0 Å². The molecule has 0 spiro atoms. The number of methoxy groups -OCH3 is 1. The number of fused-ring (bicyclic) bond motifs is 1. The molecule has 3 rings (SSSR count). The van der Waals surface area contributed by atoms with Crippen LogP contribution in [0.3, 0.4) is 0 Å². The Balaban J connectivity index is 1.86. The average molecular weight is 290 g/mol. The highest BCUT2D eigenvalue weighted by atomic mass is 32.2. The van der Waals surface area contributed by atoms with Gasteiger partial charge in [0.25, 0.3) is 0 Å². The van der Waals surface area contributed by atoms with Crippen molar-refractivity contribution in [1.82, 2.24) is 20.5 Å². The van der Waals surface area contributed by atoms with E-state index in [1.807, 2.05) is 6.07 Å². The first-order valence-electron chi connectivity index (χ1n) is 6.74. The summed E-state index contributed by atoms with van der Waals surface area (Å²) < 4.78 is 5.34. The van der Waals surface area contributed by atoms with Gasteiger partial charge in [0.1, 0.15) is 12.1 Å². The SMILES string of the molecule is CCNC1c2cc(OC)ccc2CC1Sc1ncn[nH]1. The molecular weight excluding hydrogens is 272 g/mol. The molecule has 0 radical (unpaired) electrons. The number of thioether (sulfide) groups is 1. The second-order valence-electron chi connectivity index (χ2n) is 4.75. The van der Waals surface area contributed by atoms with Crippen molar-refractivity contribution in [2.75, 3.05) is 13.7 Å². The molecule has 1 aliphatic rings. The fraction of sp³-hybridized carbons (Fsp3) is 0.429. The molecule has 2 unspecified atom stereocenters. The first kappa shape index (κ1) is 13.5. The third kappa shape index (κ3) is 2.53. The maximum atomic E-state index is 5.34. The number of nitrogens with one attached hydrogen (secondary N) is 2. The Morgan fingerprint density at radius 3 is 3.10 bits per heavy atom. The molecule has 0 saturated carbocycles. The Kier molecular flexibility index (Phi) is 3.93. The lowest BCUT2D eigenvalue weighted by atomic mass is 10.1. The van der Waals surface area contributed by atoms with E-state index in [-0.39, 0.29) is 0 Å². The highest BCUT2D eigenvalue weighted by Crippen LogP contribution is 2.41. The van der Waals surface area contributed by atoms with Gasteiger partial charge in [-0.2, -0.15) is 5.10 Å². The molecule has 5 nitrogen and oxygen atoms in total. The van der Waals surface area contributed by atoms with Crippen molar-refractivity contribution < 1.29 is 4.74 Å². The van der Waals surface area contributed by atoms with Crippen molar-refractivity contribution in [1.29, 1.82) is 0 Å². The van der Waals surface area contributed by atoms with Crippen LogP contribution in [0.25, 0.3) is 0 Å². The number of ether oxygens (including phenoxy) is 1. The van der Waals surface area contributed by atoms with Crippen molar-refractivity contribution in [3.8, 4) is 5.75 Å². The van der Waals surface area contributed by atoms with E-state index in [0.29, 0.717) is 11.3 Å². The zero-order chi connectivity index (χ0) is 13.9. The largest absolute Gasteiger partial charge is 0.497 e. The van der Waals surface area contributed by atoms with Crippen molar-refractivity contribution >= 4 is 11.8 Å². The molecule has 2 aromatic rings. The van der Waals surface area contributed by atoms with Crippen molar-refractivity contribution in [2.45, 2.75) is 29.8 Å². The molecule has 0 amide bonds. The minimum atomic E-state index is 0.320. The third-order valence-corrected chi connectivity index (χ3v) is 4.72. The molecule has 1 heterocycles. The van der Waals surface area contributed by atoms with Crippen LogP contribution in [0, 0.1) is 0 Å². The summed E-state index contributed by atoms with van der Waals surface area (Å²) in [6.07, 6.45) is 2.58. The summed E-state index contributed by atoms with van der Waals surface area (Å²) in [7, 11) is 1.71. The third-order valence-electron chi connectivity index (χ3n) is 3.56. The van der Waals surface area contributed by atoms with Crippen LogP contribution in [-0.4, -0.2) is 34.1 Å². The summed E-state index contributed by atoms with van der Waals surface area (Å²) in [6.45, 7) is 3.07. The van der Waals surface area contributed by atoms with Gasteiger partial charge in [-0.15, -0.1) is 0 Å². The van der Waals surface area contributed by atoms with Crippen LogP contribution in [-0.2, 0) is 6.42 Å². The van der Waals surface area contributed by atoms with Gasteiger partial charge in [-0.25, -0.2) is 4.98 Å². The Bertz CT molecular complexity index is 573. The zero-order valence-electron chi connectivity index (χ0n) is 11.6. The van der Waals surface area contributed by atoms with Crippen LogP contribution < -0.4 is 10.1 Å². The molecule has 106 valence electrons. The monoisotopic (exact) mass is 290 g/mol. The maximum Gasteiger partial charge on any atom is 0.183 e. The molecule has 20 heavy (non-hydrogen) atoms. The lowest BCUT2D eigenvalue weighted by molar-refractivity contribution is 0.413. The number of hydrogen-bond donors (Lipinski definition) is 2. The number of H-pyrrole nitrogens is 1. The highest BCUT2D eigenvalue weighted by Gasteiger charge is 2.33. The number of hydrogen-bond acceptors (Lipinski definition) is 5. The van der Waals surface area contributed by atoms with Crippen LogP contribution >= 0.6 is 11.8 Å². The molecule has 2 N–H and O–H groups in total. The van der Waals surface area contributed by atoms with E-state index < -0.39 is 0 Å². The number of aromatic nitrogens is 3. The van der Waals surface area contributed by atoms with Crippen LogP contribution in [0.1, 0.15) is 24.1 Å². The standard InChI is InChI=1S/C14H18N4OS/c1-3-15-13-11-7-10(19-2)5-4-9(11)6-12(13)20-14-16-8-17-18-14/h4-5,7-8,12-13,15H,3,6H2,1-2H3,(H,16,17,18). The van der Waals surface area contributed by atoms with Crippen LogP contribution in [0.2, 0.25) is 0 Å². The molecule has 6 heteroatoms. The smallest absolute Gasteiger partial charge is 0.183 e. The number of aromatic amines is 1. The summed E-state index contributed by atoms with van der Waals surface area (Å²) >= 11 is 1.74. The highest BCUT2D eigenvalue weighted by molar-refractivity contribution is 7.99. The topological polar surface area (TPSA) is 62.8 Å². The minimum absolute atomic E-state index is 0.320. The summed E-state index contributed by atoms with van der Waals surface area (Å²) in [5.74, 6) is 0.914. The van der Waals surface area contributed by atoms with E-state index in [9.17, 15) is 0 Å². The summed E-state index contributed by atoms with van der Waals surface area (Å²) in [4.78, 5) is 4.21. The zero-order valence-corrected chi connectivity index (χ0v) is 12.4. The fourth-order valence-corrected chi connectivity index (χ4v) is 3.82. The van der Waals surface area contributed by atoms with Gasteiger partial charge in [-0.1, -0.05) is 24.8 Å². The Labute approximate surface area is 122 Å². The van der Waals surface area contributed by atoms with Crippen molar-refractivity contribution in [3.63, 3.8) is 0 Å². The number of benzene rings is 1. The van der Waals surface area contributed by atoms with Crippen LogP contribution in [0.15, 0.2) is 29.7 Å². The van der Waals surface area contributed by atoms with Gasteiger partial charge in [0, 0.05) is 11.3 Å². The summed E-state index contributed by atoms with van der Waals surface area (Å²) in [5.41, 5.74) is 2.72. The Morgan fingerprint density at radius 1 is 1.50 bits per heavy atom. The van der Waals surface area contributed by atoms with Gasteiger partial charge in [0.05, 0.1) is 7.11 Å². The van der Waals surface area contributed by atoms with Gasteiger partial charge in [0.15, 0.2) is 5.16 Å². The summed E-state index contributed by atoms with van der Waals surface area (Å²) in [6, 6.07) is 6.66. The van der Waals surface area contributed by atoms with Gasteiger partial charge >= 0.3 is 0 Å². The number of rotatable bonds is 5. The molecule has 2 atom stereocenters. The van der Waals surface area contributed by atoms with E-state index in [1.54, 1.807) is 25.2 Å². The van der Waals surface area contributed by atoms with Gasteiger partial charge < -0.3 is 10.1 Å². The Hall–Kier alpha value is -1.53. The molecule has 0 saturated heterocycles. The van der Waals surface area contributed by atoms with E-state index >= 15 is 0 Å². The van der Waals surface area contributed by atoms with Crippen LogP contribution in [0.5, 0.6) is 5.75 Å². The predicted molar refractivity (Wildman–Crippen MR) is 79.1 cm³/mol. The molecular formula is C14H18N4OS. The quantitative estimate of drug-likeness (QED) is 0.883. The van der Waals surface area contributed by atoms with Gasteiger partial charge in [-0.05, 0) is 36.2 Å². The minimum Gasteiger partial charge on any atom is -0.497 e. The molecule has 1 aromatic carbocycles. The Morgan fingerprint density at radius 2 is 2.40 bits per heavy atom. The molecule has 1 aliphatic carbocycles. The van der Waals surface area contributed by atoms with E-state index in [0.717, 1.165) is 23.9 Å². The number of nitrogens with zero attached hydrogens (tertiary/aromatic N) is 2. The second-order valence-corrected chi connectivity index (χ2v) is 5.98. The van der Waals surface area contributed by atoms with Crippen LogP contribution in [0.4, 0.5) is 0 Å². The first-order valence-corrected chi connectivity index (χ1v) is 7.62. The normalized spacial score (nSPS) is 20.9. The van der Waals surface area contributed by atoms with Gasteiger partial charge in [-0.3, -0.25) is 5.10 Å². The molecule has 0 aliphatic heterocycles. The lowest BCUT2D eigenvalue weighted by Crippen LogP contribution is -2.26. The van der Waals surface area contributed by atoms with E-state index in [2.05, 4.69) is 39.6 Å². The molecule has 1 aromatic heterocycles. The average Bonchev–Trinajstić information content (AvgIpc) is 3.08. The molecule has 0 fully saturated rings. The summed E-state index contributed by atoms with van der Waals surface area (Å²) in [5, 5.41) is 11.7. The lowest BCUT2D eigenvalue weighted by Gasteiger charge is -2.20. The molecule has 0 bridgehead atoms. The fourth-order valence-electron chi connectivity index (χ4n) is 2.68. The van der Waals surface area contributed by atoms with E-state index in [4.69, 9.17) is 4.74 Å². The second kappa shape index (κ2) is 5.85. The van der Waals surface area contributed by atoms with E-state index in [1.165, 1.54) is 11.1 Å². The van der Waals surface area contributed by atoms with Crippen molar-refractivity contribution in [3.05, 3.63) is 35.7 Å². The first-order chi connectivity index (χ1) is 9.81. The predicted octanol–water partition coefficient (Wildman–Crippen LogP) is 2.18.